The van der Waals surface area contributed by atoms with Gasteiger partial charge in [-0.1, -0.05) is 54.6 Å². The largest absolute Gasteiger partial charge is 0.493 e. The van der Waals surface area contributed by atoms with Crippen molar-refractivity contribution < 1.29 is 9.47 Å². The fourth-order valence-electron chi connectivity index (χ4n) is 5.33. The number of hydrogen-bond acceptors (Lipinski definition) is 5. The van der Waals surface area contributed by atoms with E-state index in [0.717, 1.165) is 46.9 Å². The van der Waals surface area contributed by atoms with E-state index in [4.69, 9.17) is 14.6 Å². The second-order valence-corrected chi connectivity index (χ2v) is 9.62. The first-order chi connectivity index (χ1) is 18.6. The molecular weight excluding hydrogens is 476 g/mol. The Bertz CT molecular complexity index is 1640. The van der Waals surface area contributed by atoms with Crippen molar-refractivity contribution in [2.45, 2.75) is 25.9 Å². The number of ether oxygens (including phenoxy) is 2. The van der Waals surface area contributed by atoms with E-state index in [1.807, 2.05) is 69.7 Å². The Hall–Kier alpha value is -4.36. The molecule has 7 nitrogen and oxygen atoms in total. The van der Waals surface area contributed by atoms with Gasteiger partial charge in [0.25, 0.3) is 5.56 Å². The molecule has 0 bridgehead atoms. The molecule has 0 aliphatic carbocycles. The van der Waals surface area contributed by atoms with Crippen LogP contribution in [0.2, 0.25) is 0 Å². The fourth-order valence-corrected chi connectivity index (χ4v) is 5.33. The number of benzene rings is 3. The number of methoxy groups -OCH3 is 2. The van der Waals surface area contributed by atoms with Crippen molar-refractivity contribution in [2.24, 2.45) is 0 Å². The molecule has 1 aliphatic rings. The molecular formula is C31H30N4O3. The first kappa shape index (κ1) is 24.0. The zero-order valence-electron chi connectivity index (χ0n) is 21.6. The van der Waals surface area contributed by atoms with Gasteiger partial charge in [0.2, 0.25) is 0 Å². The van der Waals surface area contributed by atoms with Crippen LogP contribution < -0.4 is 15.0 Å². The first-order valence-electron chi connectivity index (χ1n) is 12.8. The lowest BCUT2D eigenvalue weighted by Gasteiger charge is -2.29. The van der Waals surface area contributed by atoms with E-state index in [2.05, 4.69) is 29.2 Å². The number of hydrogen-bond donors (Lipinski definition) is 0. The highest BCUT2D eigenvalue weighted by Gasteiger charge is 2.26. The van der Waals surface area contributed by atoms with E-state index >= 15 is 0 Å². The van der Waals surface area contributed by atoms with Gasteiger partial charge in [-0.2, -0.15) is 5.10 Å². The predicted octanol–water partition coefficient (Wildman–Crippen LogP) is 4.65. The van der Waals surface area contributed by atoms with Gasteiger partial charge in [0.05, 0.1) is 31.3 Å². The molecule has 38 heavy (non-hydrogen) atoms. The van der Waals surface area contributed by atoms with Crippen LogP contribution in [0, 0.1) is 0 Å². The van der Waals surface area contributed by atoms with Gasteiger partial charge in [-0.15, -0.1) is 0 Å². The molecule has 7 heteroatoms. The van der Waals surface area contributed by atoms with Gasteiger partial charge >= 0.3 is 0 Å². The molecule has 0 amide bonds. The molecule has 0 spiro atoms. The third-order valence-electron chi connectivity index (χ3n) is 7.18. The van der Waals surface area contributed by atoms with Crippen molar-refractivity contribution >= 4 is 5.65 Å². The summed E-state index contributed by atoms with van der Waals surface area (Å²) in [4.78, 5) is 16.2. The van der Waals surface area contributed by atoms with E-state index in [9.17, 15) is 4.79 Å². The summed E-state index contributed by atoms with van der Waals surface area (Å²) in [5.74, 6) is 1.43. The number of aromatic nitrogens is 3. The van der Waals surface area contributed by atoms with Gasteiger partial charge in [-0.05, 0) is 41.8 Å². The molecule has 3 aromatic carbocycles. The van der Waals surface area contributed by atoms with Crippen LogP contribution in [-0.4, -0.2) is 39.8 Å². The highest BCUT2D eigenvalue weighted by atomic mass is 16.5. The monoisotopic (exact) mass is 506 g/mol. The Morgan fingerprint density at radius 2 is 1.58 bits per heavy atom. The number of fused-ring (bicyclic) bond motifs is 3. The third kappa shape index (κ3) is 4.46. The van der Waals surface area contributed by atoms with Crippen molar-refractivity contribution in [2.75, 3.05) is 20.8 Å². The molecule has 3 heterocycles. The SMILES string of the molecule is COc1ccc(CN2CCc3c(n4nc(Cc5ccccc5)cc4n(-c4ccccc4)c3=O)C2)cc1OC. The second kappa shape index (κ2) is 10.2. The molecule has 6 rings (SSSR count). The summed E-state index contributed by atoms with van der Waals surface area (Å²) in [6.07, 6.45) is 1.37. The van der Waals surface area contributed by atoms with E-state index in [1.165, 1.54) is 5.56 Å². The second-order valence-electron chi connectivity index (χ2n) is 9.62. The number of nitrogens with zero attached hydrogens (tertiary/aromatic N) is 4. The lowest BCUT2D eigenvalue weighted by Crippen LogP contribution is -2.38. The van der Waals surface area contributed by atoms with Crippen molar-refractivity contribution in [3.8, 4) is 17.2 Å². The molecule has 0 saturated carbocycles. The van der Waals surface area contributed by atoms with Gasteiger partial charge in [0.15, 0.2) is 11.5 Å². The zero-order valence-corrected chi connectivity index (χ0v) is 21.6. The van der Waals surface area contributed by atoms with E-state index in [1.54, 1.807) is 14.2 Å². The molecule has 0 saturated heterocycles. The van der Waals surface area contributed by atoms with Gasteiger partial charge in [-0.3, -0.25) is 14.3 Å². The third-order valence-corrected chi connectivity index (χ3v) is 7.18. The van der Waals surface area contributed by atoms with Crippen LogP contribution in [0.1, 0.15) is 28.1 Å². The Morgan fingerprint density at radius 1 is 0.842 bits per heavy atom. The minimum absolute atomic E-state index is 0.0376. The van der Waals surface area contributed by atoms with Crippen LogP contribution in [0.3, 0.4) is 0 Å². The topological polar surface area (TPSA) is 61.0 Å². The quantitative estimate of drug-likeness (QED) is 0.322. The van der Waals surface area contributed by atoms with Gasteiger partial charge in [0, 0.05) is 37.7 Å². The normalized spacial score (nSPS) is 13.4. The summed E-state index contributed by atoms with van der Waals surface area (Å²) in [6.45, 7) is 2.16. The van der Waals surface area contributed by atoms with Crippen LogP contribution in [0.15, 0.2) is 89.7 Å². The Labute approximate surface area is 221 Å². The molecule has 0 unspecified atom stereocenters. The average molecular weight is 507 g/mol. The van der Waals surface area contributed by atoms with E-state index in [-0.39, 0.29) is 5.56 Å². The highest BCUT2D eigenvalue weighted by Crippen LogP contribution is 2.29. The molecule has 1 aliphatic heterocycles. The maximum Gasteiger partial charge on any atom is 0.261 e. The highest BCUT2D eigenvalue weighted by molar-refractivity contribution is 5.52. The van der Waals surface area contributed by atoms with Gasteiger partial charge in [0.1, 0.15) is 5.65 Å². The molecule has 0 atom stereocenters. The van der Waals surface area contributed by atoms with Crippen LogP contribution in [0.4, 0.5) is 0 Å². The standard InChI is InChI=1S/C31H30N4O3/c1-37-28-14-13-23(18-29(28)38-2)20-33-16-15-26-27(21-33)35-30(34(31(26)36)25-11-7-4-8-12-25)19-24(32-35)17-22-9-5-3-6-10-22/h3-14,18-19H,15-17,20-21H2,1-2H3. The van der Waals surface area contributed by atoms with E-state index in [0.29, 0.717) is 30.9 Å². The Kier molecular flexibility index (Phi) is 6.43. The summed E-state index contributed by atoms with van der Waals surface area (Å²) >= 11 is 0. The fraction of sp³-hybridized carbons (Fsp3) is 0.226. The van der Waals surface area contributed by atoms with E-state index < -0.39 is 0 Å². The number of para-hydroxylation sites is 1. The molecule has 0 radical (unpaired) electrons. The molecule has 0 fully saturated rings. The molecule has 0 N–H and O–H groups in total. The van der Waals surface area contributed by atoms with Crippen LogP contribution in [-0.2, 0) is 25.9 Å². The van der Waals surface area contributed by atoms with Crippen molar-refractivity contribution in [1.29, 1.82) is 0 Å². The minimum atomic E-state index is 0.0376. The van der Waals surface area contributed by atoms with Crippen molar-refractivity contribution in [3.05, 3.63) is 123 Å². The Morgan fingerprint density at radius 3 is 2.32 bits per heavy atom. The summed E-state index contributed by atoms with van der Waals surface area (Å²) in [5, 5.41) is 5.03. The summed E-state index contributed by atoms with van der Waals surface area (Å²) in [7, 11) is 3.29. The first-order valence-corrected chi connectivity index (χ1v) is 12.8. The lowest BCUT2D eigenvalue weighted by molar-refractivity contribution is 0.237. The molecule has 192 valence electrons. The average Bonchev–Trinajstić information content (AvgIpc) is 3.37. The van der Waals surface area contributed by atoms with Crippen LogP contribution in [0.5, 0.6) is 11.5 Å². The van der Waals surface area contributed by atoms with Gasteiger partial charge in [-0.25, -0.2) is 4.52 Å². The smallest absolute Gasteiger partial charge is 0.261 e. The molecule has 5 aromatic rings. The van der Waals surface area contributed by atoms with Gasteiger partial charge < -0.3 is 9.47 Å². The summed E-state index contributed by atoms with van der Waals surface area (Å²) in [6, 6.07) is 28.2. The van der Waals surface area contributed by atoms with Crippen molar-refractivity contribution in [3.63, 3.8) is 0 Å². The van der Waals surface area contributed by atoms with Crippen LogP contribution >= 0.6 is 0 Å². The zero-order chi connectivity index (χ0) is 26.1. The minimum Gasteiger partial charge on any atom is -0.493 e. The van der Waals surface area contributed by atoms with Crippen LogP contribution in [0.25, 0.3) is 11.3 Å². The summed E-state index contributed by atoms with van der Waals surface area (Å²) in [5.41, 5.74) is 6.73. The lowest BCUT2D eigenvalue weighted by atomic mass is 10.0. The maximum atomic E-state index is 13.9. The summed E-state index contributed by atoms with van der Waals surface area (Å²) < 4.78 is 14.7. The maximum absolute atomic E-state index is 13.9. The predicted molar refractivity (Wildman–Crippen MR) is 147 cm³/mol. The molecule has 2 aromatic heterocycles. The number of rotatable bonds is 7. The Balaban J connectivity index is 1.41. The van der Waals surface area contributed by atoms with Crippen molar-refractivity contribution in [1.82, 2.24) is 19.1 Å².